The molecule has 0 spiro atoms. The van der Waals surface area contributed by atoms with Crippen LogP contribution < -0.4 is 9.64 Å². The highest BCUT2D eigenvalue weighted by atomic mass is 16.5. The Morgan fingerprint density at radius 3 is 2.48 bits per heavy atom. The Morgan fingerprint density at radius 1 is 1.05 bits per heavy atom. The Balaban J connectivity index is 1.90. The second-order valence-electron chi connectivity index (χ2n) is 5.46. The first-order valence-corrected chi connectivity index (χ1v) is 7.07. The molecule has 0 aliphatic rings. The molecular weight excluding hydrogens is 260 g/mol. The molecule has 1 N–H and O–H groups in total. The minimum Gasteiger partial charge on any atom is -0.497 e. The van der Waals surface area contributed by atoms with Gasteiger partial charge in [-0.1, -0.05) is 12.1 Å². The van der Waals surface area contributed by atoms with E-state index < -0.39 is 0 Å². The highest BCUT2D eigenvalue weighted by Gasteiger charge is 2.06. The van der Waals surface area contributed by atoms with Gasteiger partial charge in [-0.15, -0.1) is 0 Å². The van der Waals surface area contributed by atoms with E-state index >= 15 is 0 Å². The Hall–Kier alpha value is -2.42. The molecule has 0 amide bonds. The number of fused-ring (bicyclic) bond motifs is 1. The normalized spacial score (nSPS) is 10.8. The number of rotatable bonds is 4. The van der Waals surface area contributed by atoms with Gasteiger partial charge in [0, 0.05) is 36.9 Å². The largest absolute Gasteiger partial charge is 0.497 e. The highest BCUT2D eigenvalue weighted by Crippen LogP contribution is 2.25. The number of hydrogen-bond donors (Lipinski definition) is 1. The second kappa shape index (κ2) is 5.52. The Kier molecular flexibility index (Phi) is 3.57. The summed E-state index contributed by atoms with van der Waals surface area (Å²) in [4.78, 5) is 5.44. The molecule has 2 aromatic carbocycles. The fourth-order valence-corrected chi connectivity index (χ4v) is 2.56. The van der Waals surface area contributed by atoms with Gasteiger partial charge in [0.2, 0.25) is 0 Å². The third-order valence-electron chi connectivity index (χ3n) is 3.82. The van der Waals surface area contributed by atoms with Crippen LogP contribution in [-0.4, -0.2) is 26.2 Å². The maximum atomic E-state index is 5.32. The topological polar surface area (TPSA) is 28.3 Å². The van der Waals surface area contributed by atoms with Crippen LogP contribution in [0.4, 0.5) is 5.69 Å². The molecule has 0 aliphatic carbocycles. The summed E-state index contributed by atoms with van der Waals surface area (Å²) >= 11 is 0. The Labute approximate surface area is 125 Å². The summed E-state index contributed by atoms with van der Waals surface area (Å²) < 4.78 is 5.32. The van der Waals surface area contributed by atoms with E-state index in [-0.39, 0.29) is 0 Å². The van der Waals surface area contributed by atoms with E-state index in [1.807, 2.05) is 6.07 Å². The van der Waals surface area contributed by atoms with Crippen molar-refractivity contribution in [2.24, 2.45) is 0 Å². The van der Waals surface area contributed by atoms with Crippen LogP contribution in [0.5, 0.6) is 5.75 Å². The first-order chi connectivity index (χ1) is 10.2. The van der Waals surface area contributed by atoms with Crippen LogP contribution in [-0.2, 0) is 6.42 Å². The van der Waals surface area contributed by atoms with Gasteiger partial charge in [-0.05, 0) is 47.9 Å². The minimum absolute atomic E-state index is 0.895. The summed E-state index contributed by atoms with van der Waals surface area (Å²) in [6.45, 7) is 0. The number of benzene rings is 2. The molecule has 108 valence electrons. The molecule has 0 saturated heterocycles. The molecule has 0 unspecified atom stereocenters. The van der Waals surface area contributed by atoms with E-state index in [0.29, 0.717) is 0 Å². The zero-order valence-corrected chi connectivity index (χ0v) is 12.7. The molecule has 3 heteroatoms. The van der Waals surface area contributed by atoms with Crippen molar-refractivity contribution in [1.29, 1.82) is 0 Å². The average Bonchev–Trinajstić information content (AvgIpc) is 2.90. The van der Waals surface area contributed by atoms with Crippen molar-refractivity contribution in [1.82, 2.24) is 4.98 Å². The van der Waals surface area contributed by atoms with Crippen LogP contribution in [0, 0.1) is 0 Å². The molecule has 3 rings (SSSR count). The number of methoxy groups -OCH3 is 1. The number of aromatic amines is 1. The fraction of sp³-hybridized carbons (Fsp3) is 0.222. The smallest absolute Gasteiger partial charge is 0.119 e. The zero-order valence-electron chi connectivity index (χ0n) is 12.7. The summed E-state index contributed by atoms with van der Waals surface area (Å²) in [5, 5.41) is 1.23. The lowest BCUT2D eigenvalue weighted by Gasteiger charge is -2.12. The van der Waals surface area contributed by atoms with Gasteiger partial charge in [0.1, 0.15) is 5.75 Å². The van der Waals surface area contributed by atoms with Gasteiger partial charge < -0.3 is 14.6 Å². The molecule has 3 aromatic rings. The number of nitrogens with zero attached hydrogens (tertiary/aromatic N) is 1. The van der Waals surface area contributed by atoms with Crippen LogP contribution >= 0.6 is 0 Å². The predicted molar refractivity (Wildman–Crippen MR) is 88.4 cm³/mol. The van der Waals surface area contributed by atoms with Crippen molar-refractivity contribution in [3.63, 3.8) is 0 Å². The molecule has 1 aromatic heterocycles. The number of ether oxygens (including phenoxy) is 1. The molecule has 1 heterocycles. The van der Waals surface area contributed by atoms with E-state index in [4.69, 9.17) is 4.74 Å². The monoisotopic (exact) mass is 280 g/mol. The summed E-state index contributed by atoms with van der Waals surface area (Å²) in [5.41, 5.74) is 4.97. The number of anilines is 1. The molecule has 0 atom stereocenters. The van der Waals surface area contributed by atoms with Crippen LogP contribution in [0.15, 0.2) is 48.7 Å². The lowest BCUT2D eigenvalue weighted by atomic mass is 10.0. The number of nitrogens with one attached hydrogen (secondary N) is 1. The fourth-order valence-electron chi connectivity index (χ4n) is 2.56. The molecule has 0 bridgehead atoms. The van der Waals surface area contributed by atoms with Crippen molar-refractivity contribution in [2.45, 2.75) is 6.42 Å². The predicted octanol–water partition coefficient (Wildman–Crippen LogP) is 3.83. The van der Waals surface area contributed by atoms with Crippen molar-refractivity contribution >= 4 is 16.6 Å². The van der Waals surface area contributed by atoms with E-state index in [9.17, 15) is 0 Å². The first kappa shape index (κ1) is 13.6. The van der Waals surface area contributed by atoms with E-state index in [0.717, 1.165) is 17.7 Å². The third kappa shape index (κ3) is 2.72. The van der Waals surface area contributed by atoms with Crippen LogP contribution in [0.2, 0.25) is 0 Å². The maximum absolute atomic E-state index is 5.32. The molecule has 0 radical (unpaired) electrons. The minimum atomic E-state index is 0.895. The van der Waals surface area contributed by atoms with Gasteiger partial charge in [0.05, 0.1) is 7.11 Å². The quantitative estimate of drug-likeness (QED) is 0.786. The standard InChI is InChI=1S/C18H20N2O/c1-20(2)15-6-4-13(5-7-15)10-14-12-19-18-9-8-16(21-3)11-17(14)18/h4-9,11-12,19H,10H2,1-3H3. The molecule has 21 heavy (non-hydrogen) atoms. The van der Waals surface area contributed by atoms with Crippen LogP contribution in [0.25, 0.3) is 10.9 Å². The molecular formula is C18H20N2O. The SMILES string of the molecule is COc1ccc2[nH]cc(Cc3ccc(N(C)C)cc3)c2c1. The van der Waals surface area contributed by atoms with Gasteiger partial charge >= 0.3 is 0 Å². The zero-order chi connectivity index (χ0) is 14.8. The number of hydrogen-bond acceptors (Lipinski definition) is 2. The number of aromatic nitrogens is 1. The Morgan fingerprint density at radius 2 is 1.81 bits per heavy atom. The van der Waals surface area contributed by atoms with Crippen molar-refractivity contribution in [3.8, 4) is 5.75 Å². The lowest BCUT2D eigenvalue weighted by Crippen LogP contribution is -2.08. The van der Waals surface area contributed by atoms with E-state index in [1.165, 1.54) is 22.2 Å². The van der Waals surface area contributed by atoms with Crippen molar-refractivity contribution in [2.75, 3.05) is 26.1 Å². The van der Waals surface area contributed by atoms with Gasteiger partial charge in [0.15, 0.2) is 0 Å². The lowest BCUT2D eigenvalue weighted by molar-refractivity contribution is 0.415. The van der Waals surface area contributed by atoms with Gasteiger partial charge in [-0.3, -0.25) is 0 Å². The van der Waals surface area contributed by atoms with Gasteiger partial charge in [-0.2, -0.15) is 0 Å². The van der Waals surface area contributed by atoms with Crippen LogP contribution in [0.1, 0.15) is 11.1 Å². The van der Waals surface area contributed by atoms with E-state index in [2.05, 4.69) is 66.6 Å². The number of H-pyrrole nitrogens is 1. The Bertz CT molecular complexity index is 742. The molecule has 0 aliphatic heterocycles. The third-order valence-corrected chi connectivity index (χ3v) is 3.82. The average molecular weight is 280 g/mol. The molecule has 0 fully saturated rings. The summed E-state index contributed by atoms with van der Waals surface area (Å²) in [7, 11) is 5.81. The maximum Gasteiger partial charge on any atom is 0.119 e. The first-order valence-electron chi connectivity index (χ1n) is 7.07. The van der Waals surface area contributed by atoms with Gasteiger partial charge in [0.25, 0.3) is 0 Å². The van der Waals surface area contributed by atoms with E-state index in [1.54, 1.807) is 7.11 Å². The molecule has 0 saturated carbocycles. The summed E-state index contributed by atoms with van der Waals surface area (Å²) in [6, 6.07) is 14.8. The van der Waals surface area contributed by atoms with Crippen molar-refractivity contribution < 1.29 is 4.74 Å². The van der Waals surface area contributed by atoms with Crippen molar-refractivity contribution in [3.05, 3.63) is 59.8 Å². The van der Waals surface area contributed by atoms with Gasteiger partial charge in [-0.25, -0.2) is 0 Å². The highest BCUT2D eigenvalue weighted by molar-refractivity contribution is 5.85. The molecule has 3 nitrogen and oxygen atoms in total. The summed E-state index contributed by atoms with van der Waals surface area (Å²) in [6.07, 6.45) is 3.00. The van der Waals surface area contributed by atoms with Crippen LogP contribution in [0.3, 0.4) is 0 Å². The second-order valence-corrected chi connectivity index (χ2v) is 5.46. The summed E-state index contributed by atoms with van der Waals surface area (Å²) in [5.74, 6) is 0.895.